The Morgan fingerprint density at radius 3 is 2.14 bits per heavy atom. The molecule has 1 fully saturated rings. The Balaban J connectivity index is 1.30. The maximum Gasteiger partial charge on any atom is 0.335 e. The summed E-state index contributed by atoms with van der Waals surface area (Å²) in [5.74, 6) is 0.892. The summed E-state index contributed by atoms with van der Waals surface area (Å²) in [5.41, 5.74) is 1.50. The molecule has 0 aliphatic heterocycles. The summed E-state index contributed by atoms with van der Waals surface area (Å²) in [6, 6.07) is 21.3. The number of carboxylic acids is 1. The van der Waals surface area contributed by atoms with E-state index >= 15 is 0 Å². The van der Waals surface area contributed by atoms with Gasteiger partial charge in [0.15, 0.2) is 0 Å². The molecule has 2 atom stereocenters. The molecule has 2 unspecified atom stereocenters. The van der Waals surface area contributed by atoms with Crippen LogP contribution in [0.4, 0.5) is 0 Å². The molecular formula is C30H31NO6. The third-order valence-corrected chi connectivity index (χ3v) is 6.40. The van der Waals surface area contributed by atoms with Crippen molar-refractivity contribution in [1.29, 1.82) is 0 Å². The van der Waals surface area contributed by atoms with Crippen molar-refractivity contribution in [2.75, 3.05) is 0 Å². The van der Waals surface area contributed by atoms with E-state index in [4.69, 9.17) is 9.47 Å². The molecule has 1 amide bonds. The zero-order valence-corrected chi connectivity index (χ0v) is 20.8. The van der Waals surface area contributed by atoms with Gasteiger partial charge in [-0.3, -0.25) is 9.59 Å². The second-order valence-corrected chi connectivity index (χ2v) is 9.32. The lowest BCUT2D eigenvalue weighted by Crippen LogP contribution is -2.46. The van der Waals surface area contributed by atoms with E-state index in [0.717, 1.165) is 37.0 Å². The lowest BCUT2D eigenvalue weighted by Gasteiger charge is -2.32. The van der Waals surface area contributed by atoms with Crippen molar-refractivity contribution in [2.45, 2.75) is 57.6 Å². The van der Waals surface area contributed by atoms with Gasteiger partial charge in [0.05, 0.1) is 11.6 Å². The van der Waals surface area contributed by atoms with Crippen LogP contribution in [0.2, 0.25) is 0 Å². The molecular weight excluding hydrogens is 470 g/mol. The first kappa shape index (κ1) is 25.9. The molecule has 192 valence electrons. The Hall–Kier alpha value is -4.13. The Bertz CT molecular complexity index is 1240. The van der Waals surface area contributed by atoms with Crippen LogP contribution in [0.1, 0.15) is 54.1 Å². The summed E-state index contributed by atoms with van der Waals surface area (Å²) in [7, 11) is 0. The van der Waals surface area contributed by atoms with E-state index in [9.17, 15) is 19.5 Å². The third-order valence-electron chi connectivity index (χ3n) is 6.40. The fraction of sp³-hybridized carbons (Fsp3) is 0.300. The number of hydrogen-bond acceptors (Lipinski definition) is 5. The van der Waals surface area contributed by atoms with E-state index in [-0.39, 0.29) is 42.2 Å². The second-order valence-electron chi connectivity index (χ2n) is 9.32. The summed E-state index contributed by atoms with van der Waals surface area (Å²) >= 11 is 0. The number of amides is 1. The summed E-state index contributed by atoms with van der Waals surface area (Å²) < 4.78 is 12.1. The molecule has 1 aliphatic rings. The molecule has 1 aliphatic carbocycles. The maximum absolute atomic E-state index is 12.5. The van der Waals surface area contributed by atoms with Crippen molar-refractivity contribution in [3.05, 3.63) is 89.5 Å². The molecule has 0 spiro atoms. The molecule has 0 radical (unpaired) electrons. The fourth-order valence-electron chi connectivity index (χ4n) is 4.62. The number of rotatable bonds is 10. The van der Waals surface area contributed by atoms with Gasteiger partial charge in [-0.05, 0) is 72.9 Å². The number of carboxylic acid groups (broad SMARTS) is 1. The van der Waals surface area contributed by atoms with Crippen molar-refractivity contribution in [1.82, 2.24) is 5.32 Å². The zero-order valence-electron chi connectivity index (χ0n) is 20.8. The van der Waals surface area contributed by atoms with E-state index in [2.05, 4.69) is 5.32 Å². The number of aromatic carboxylic acids is 1. The second kappa shape index (κ2) is 12.2. The maximum atomic E-state index is 12.5. The quantitative estimate of drug-likeness (QED) is 0.388. The first-order valence-electron chi connectivity index (χ1n) is 12.5. The summed E-state index contributed by atoms with van der Waals surface area (Å²) in [5, 5.41) is 12.3. The average Bonchev–Trinajstić information content (AvgIpc) is 2.87. The fourth-order valence-corrected chi connectivity index (χ4v) is 4.62. The number of ketones is 1. The SMILES string of the molecule is CC(=O)NC1CCCCC1Oc1ccc(Oc2ccc(CC(=O)Cc3ccccc3C(=O)O)cc2)cc1. The minimum atomic E-state index is -1.03. The molecule has 3 aromatic carbocycles. The molecule has 7 nitrogen and oxygen atoms in total. The highest BCUT2D eigenvalue weighted by molar-refractivity contribution is 5.92. The van der Waals surface area contributed by atoms with Gasteiger partial charge in [0, 0.05) is 19.8 Å². The van der Waals surface area contributed by atoms with Crippen LogP contribution >= 0.6 is 0 Å². The van der Waals surface area contributed by atoms with Crippen molar-refractivity contribution >= 4 is 17.7 Å². The molecule has 0 aromatic heterocycles. The monoisotopic (exact) mass is 501 g/mol. The number of hydrogen-bond donors (Lipinski definition) is 2. The van der Waals surface area contributed by atoms with Crippen LogP contribution in [0.5, 0.6) is 17.2 Å². The molecule has 3 aromatic rings. The zero-order chi connectivity index (χ0) is 26.2. The van der Waals surface area contributed by atoms with E-state index in [1.165, 1.54) is 13.0 Å². The summed E-state index contributed by atoms with van der Waals surface area (Å²) in [6.45, 7) is 1.53. The highest BCUT2D eigenvalue weighted by Crippen LogP contribution is 2.28. The van der Waals surface area contributed by atoms with E-state index < -0.39 is 5.97 Å². The van der Waals surface area contributed by atoms with Crippen LogP contribution in [-0.2, 0) is 22.4 Å². The molecule has 7 heteroatoms. The van der Waals surface area contributed by atoms with E-state index in [1.807, 2.05) is 36.4 Å². The summed E-state index contributed by atoms with van der Waals surface area (Å²) in [6.07, 6.45) is 4.23. The number of benzene rings is 3. The first-order valence-corrected chi connectivity index (χ1v) is 12.5. The molecule has 0 bridgehead atoms. The van der Waals surface area contributed by atoms with Gasteiger partial charge >= 0.3 is 5.97 Å². The Morgan fingerprint density at radius 1 is 0.838 bits per heavy atom. The van der Waals surface area contributed by atoms with Crippen LogP contribution in [0.3, 0.4) is 0 Å². The minimum Gasteiger partial charge on any atom is -0.488 e. The molecule has 0 heterocycles. The van der Waals surface area contributed by atoms with Gasteiger partial charge in [0.2, 0.25) is 5.91 Å². The summed E-state index contributed by atoms with van der Waals surface area (Å²) in [4.78, 5) is 35.4. The van der Waals surface area contributed by atoms with Gasteiger partial charge in [0.25, 0.3) is 0 Å². The highest BCUT2D eigenvalue weighted by atomic mass is 16.5. The Morgan fingerprint density at radius 2 is 1.46 bits per heavy atom. The number of carbonyl (C=O) groups excluding carboxylic acids is 2. The van der Waals surface area contributed by atoms with Crippen molar-refractivity contribution in [3.8, 4) is 17.2 Å². The third kappa shape index (κ3) is 7.43. The predicted octanol–water partition coefficient (Wildman–Crippen LogP) is 5.36. The minimum absolute atomic E-state index is 0.0273. The standard InChI is InChI=1S/C30H31NO6/c1-20(32)31-28-8-4-5-9-29(28)37-26-16-14-25(15-17-26)36-24-12-10-21(11-13-24)18-23(33)19-22-6-2-3-7-27(22)30(34)35/h2-3,6-7,10-17,28-29H,4-5,8-9,18-19H2,1H3,(H,31,32)(H,34,35). The highest BCUT2D eigenvalue weighted by Gasteiger charge is 2.27. The normalized spacial score (nSPS) is 17.0. The van der Waals surface area contributed by atoms with Gasteiger partial charge in [-0.1, -0.05) is 36.8 Å². The van der Waals surface area contributed by atoms with Crippen molar-refractivity contribution in [2.24, 2.45) is 0 Å². The van der Waals surface area contributed by atoms with Crippen molar-refractivity contribution < 1.29 is 29.0 Å². The smallest absolute Gasteiger partial charge is 0.335 e. The van der Waals surface area contributed by atoms with E-state index in [1.54, 1.807) is 30.3 Å². The molecule has 1 saturated carbocycles. The number of Topliss-reactive ketones (excluding diaryl/α,β-unsaturated/α-hetero) is 1. The van der Waals surface area contributed by atoms with Gasteiger partial charge in [-0.15, -0.1) is 0 Å². The molecule has 0 saturated heterocycles. The van der Waals surface area contributed by atoms with Crippen LogP contribution in [0.15, 0.2) is 72.8 Å². The van der Waals surface area contributed by atoms with Crippen molar-refractivity contribution in [3.63, 3.8) is 0 Å². The Labute approximate surface area is 216 Å². The van der Waals surface area contributed by atoms with Gasteiger partial charge in [-0.2, -0.15) is 0 Å². The lowest BCUT2D eigenvalue weighted by atomic mass is 9.92. The van der Waals surface area contributed by atoms with Crippen LogP contribution < -0.4 is 14.8 Å². The van der Waals surface area contributed by atoms with Crippen LogP contribution in [0.25, 0.3) is 0 Å². The predicted molar refractivity (Wildman–Crippen MR) is 139 cm³/mol. The lowest BCUT2D eigenvalue weighted by molar-refractivity contribution is -0.120. The topological polar surface area (TPSA) is 102 Å². The van der Waals surface area contributed by atoms with Crippen LogP contribution in [0, 0.1) is 0 Å². The van der Waals surface area contributed by atoms with E-state index in [0.29, 0.717) is 17.1 Å². The Kier molecular flexibility index (Phi) is 8.56. The average molecular weight is 502 g/mol. The first-order chi connectivity index (χ1) is 17.9. The van der Waals surface area contributed by atoms with Gasteiger partial charge < -0.3 is 19.9 Å². The molecule has 2 N–H and O–H groups in total. The number of nitrogens with one attached hydrogen (secondary N) is 1. The molecule has 4 rings (SSSR count). The molecule has 37 heavy (non-hydrogen) atoms. The van der Waals surface area contributed by atoms with Gasteiger partial charge in [-0.25, -0.2) is 4.79 Å². The number of carbonyl (C=O) groups is 3. The number of ether oxygens (including phenoxy) is 2. The van der Waals surface area contributed by atoms with Crippen LogP contribution in [-0.4, -0.2) is 34.9 Å². The van der Waals surface area contributed by atoms with Gasteiger partial charge in [0.1, 0.15) is 29.1 Å². The largest absolute Gasteiger partial charge is 0.488 e.